The minimum absolute atomic E-state index is 0.0128. The molecular weight excluding hydrogens is 240 g/mol. The third-order valence-electron chi connectivity index (χ3n) is 3.24. The Morgan fingerprint density at radius 1 is 0.944 bits per heavy atom. The van der Waals surface area contributed by atoms with E-state index in [-0.39, 0.29) is 26.1 Å². The van der Waals surface area contributed by atoms with Crippen molar-refractivity contribution < 1.29 is 29.3 Å². The fourth-order valence-electron chi connectivity index (χ4n) is 2.22. The second-order valence-corrected chi connectivity index (χ2v) is 4.37. The van der Waals surface area contributed by atoms with E-state index in [2.05, 4.69) is 0 Å². The topological polar surface area (TPSA) is 93.1 Å². The molecule has 0 heterocycles. The molecule has 18 heavy (non-hydrogen) atoms. The van der Waals surface area contributed by atoms with E-state index in [0.29, 0.717) is 12.8 Å². The summed E-state index contributed by atoms with van der Waals surface area (Å²) in [5, 5.41) is 20.7. The highest BCUT2D eigenvalue weighted by Gasteiger charge is 2.62. The number of esters is 2. The molecule has 2 unspecified atom stereocenters. The molecule has 2 atom stereocenters. The molecule has 0 aromatic heterocycles. The highest BCUT2D eigenvalue weighted by molar-refractivity contribution is 5.92. The van der Waals surface area contributed by atoms with E-state index in [1.165, 1.54) is 0 Å². The zero-order chi connectivity index (χ0) is 13.8. The highest BCUT2D eigenvalue weighted by Crippen LogP contribution is 2.39. The molecule has 0 radical (unpaired) electrons. The summed E-state index contributed by atoms with van der Waals surface area (Å²) in [5.74, 6) is -1.94. The first kappa shape index (κ1) is 14.9. The van der Waals surface area contributed by atoms with E-state index in [9.17, 15) is 19.8 Å². The molecule has 1 aliphatic carbocycles. The van der Waals surface area contributed by atoms with Gasteiger partial charge in [-0.3, -0.25) is 0 Å². The molecule has 0 saturated heterocycles. The molecule has 0 aromatic rings. The van der Waals surface area contributed by atoms with Crippen molar-refractivity contribution in [3.05, 3.63) is 0 Å². The number of rotatable bonds is 4. The van der Waals surface area contributed by atoms with Crippen LogP contribution in [-0.2, 0) is 19.1 Å². The molecule has 6 heteroatoms. The molecule has 1 rings (SSSR count). The summed E-state index contributed by atoms with van der Waals surface area (Å²) in [7, 11) is 0. The molecule has 104 valence electrons. The third kappa shape index (κ3) is 2.35. The Labute approximate surface area is 106 Å². The Hall–Kier alpha value is -1.14. The monoisotopic (exact) mass is 260 g/mol. The first-order valence-electron chi connectivity index (χ1n) is 6.21. The van der Waals surface area contributed by atoms with Gasteiger partial charge in [-0.15, -0.1) is 0 Å². The maximum Gasteiger partial charge on any atom is 0.341 e. The van der Waals surface area contributed by atoms with Crippen LogP contribution in [0.2, 0.25) is 0 Å². The number of carbonyl (C=O) groups is 2. The summed E-state index contributed by atoms with van der Waals surface area (Å²) in [6.07, 6.45) is 1.05. The van der Waals surface area contributed by atoms with Gasteiger partial charge in [-0.2, -0.15) is 0 Å². The molecule has 1 saturated carbocycles. The van der Waals surface area contributed by atoms with Gasteiger partial charge < -0.3 is 19.7 Å². The first-order chi connectivity index (χ1) is 8.42. The molecule has 0 amide bonds. The lowest BCUT2D eigenvalue weighted by atomic mass is 9.71. The van der Waals surface area contributed by atoms with Gasteiger partial charge >= 0.3 is 11.9 Å². The predicted octanol–water partition coefficient (Wildman–Crippen LogP) is 0.149. The molecule has 1 fully saturated rings. The van der Waals surface area contributed by atoms with Crippen molar-refractivity contribution in [2.75, 3.05) is 13.2 Å². The van der Waals surface area contributed by atoms with E-state index >= 15 is 0 Å². The van der Waals surface area contributed by atoms with Gasteiger partial charge in [0.15, 0.2) is 0 Å². The van der Waals surface area contributed by atoms with Gasteiger partial charge in [0.05, 0.1) is 13.2 Å². The van der Waals surface area contributed by atoms with Gasteiger partial charge in [0.1, 0.15) is 0 Å². The van der Waals surface area contributed by atoms with Crippen LogP contribution in [0.25, 0.3) is 0 Å². The highest BCUT2D eigenvalue weighted by atomic mass is 16.6. The Balaban J connectivity index is 3.04. The number of aliphatic hydroxyl groups is 2. The Morgan fingerprint density at radius 3 is 1.56 bits per heavy atom. The summed E-state index contributed by atoms with van der Waals surface area (Å²) in [4.78, 5) is 23.6. The van der Waals surface area contributed by atoms with E-state index < -0.39 is 23.1 Å². The average Bonchev–Trinajstić information content (AvgIpc) is 2.33. The van der Waals surface area contributed by atoms with Crippen LogP contribution in [0.1, 0.15) is 39.5 Å². The fourth-order valence-corrected chi connectivity index (χ4v) is 2.22. The smallest absolute Gasteiger partial charge is 0.341 e. The predicted molar refractivity (Wildman–Crippen MR) is 61.6 cm³/mol. The maximum atomic E-state index is 11.8. The SMILES string of the molecule is CCOC(=O)C1(O)CCCCC1(O)C(=O)OCC. The van der Waals surface area contributed by atoms with Crippen LogP contribution in [-0.4, -0.2) is 46.6 Å². The van der Waals surface area contributed by atoms with Gasteiger partial charge in [0.25, 0.3) is 0 Å². The first-order valence-corrected chi connectivity index (χ1v) is 6.21. The minimum Gasteiger partial charge on any atom is -0.464 e. The summed E-state index contributed by atoms with van der Waals surface area (Å²) < 4.78 is 9.50. The van der Waals surface area contributed by atoms with Crippen LogP contribution >= 0.6 is 0 Å². The summed E-state index contributed by atoms with van der Waals surface area (Å²) >= 11 is 0. The Kier molecular flexibility index (Phi) is 4.70. The molecule has 2 N–H and O–H groups in total. The van der Waals surface area contributed by atoms with Gasteiger partial charge in [-0.25, -0.2) is 9.59 Å². The van der Waals surface area contributed by atoms with Crippen molar-refractivity contribution in [3.8, 4) is 0 Å². The van der Waals surface area contributed by atoms with Gasteiger partial charge in [0, 0.05) is 0 Å². The van der Waals surface area contributed by atoms with E-state index in [1.807, 2.05) is 0 Å². The van der Waals surface area contributed by atoms with Crippen molar-refractivity contribution in [2.45, 2.75) is 50.7 Å². The summed E-state index contributed by atoms with van der Waals surface area (Å²) in [6.45, 7) is 3.32. The van der Waals surface area contributed by atoms with Crippen molar-refractivity contribution in [2.24, 2.45) is 0 Å². The molecule has 1 aliphatic rings. The average molecular weight is 260 g/mol. The molecule has 0 bridgehead atoms. The van der Waals surface area contributed by atoms with Gasteiger partial charge in [0.2, 0.25) is 11.2 Å². The number of ether oxygens (including phenoxy) is 2. The van der Waals surface area contributed by atoms with Gasteiger partial charge in [-0.1, -0.05) is 0 Å². The molecule has 0 aliphatic heterocycles. The number of hydrogen-bond acceptors (Lipinski definition) is 6. The lowest BCUT2D eigenvalue weighted by Gasteiger charge is -2.42. The van der Waals surface area contributed by atoms with Crippen LogP contribution in [0.15, 0.2) is 0 Å². The van der Waals surface area contributed by atoms with E-state index in [0.717, 1.165) is 0 Å². The van der Waals surface area contributed by atoms with Crippen molar-refractivity contribution >= 4 is 11.9 Å². The van der Waals surface area contributed by atoms with Crippen molar-refractivity contribution in [3.63, 3.8) is 0 Å². The molecule has 6 nitrogen and oxygen atoms in total. The zero-order valence-corrected chi connectivity index (χ0v) is 10.8. The Bertz CT molecular complexity index is 297. The second-order valence-electron chi connectivity index (χ2n) is 4.37. The normalized spacial score (nSPS) is 31.8. The quantitative estimate of drug-likeness (QED) is 0.699. The van der Waals surface area contributed by atoms with Crippen LogP contribution in [0, 0.1) is 0 Å². The fraction of sp³-hybridized carbons (Fsp3) is 0.833. The summed E-state index contributed by atoms with van der Waals surface area (Å²) in [6, 6.07) is 0. The van der Waals surface area contributed by atoms with E-state index in [4.69, 9.17) is 9.47 Å². The number of hydrogen-bond donors (Lipinski definition) is 2. The minimum atomic E-state index is -2.21. The van der Waals surface area contributed by atoms with Crippen molar-refractivity contribution in [1.29, 1.82) is 0 Å². The number of carbonyl (C=O) groups excluding carboxylic acids is 2. The van der Waals surface area contributed by atoms with Crippen LogP contribution in [0.5, 0.6) is 0 Å². The van der Waals surface area contributed by atoms with Crippen LogP contribution in [0.4, 0.5) is 0 Å². The van der Waals surface area contributed by atoms with Crippen LogP contribution < -0.4 is 0 Å². The second kappa shape index (κ2) is 5.67. The van der Waals surface area contributed by atoms with E-state index in [1.54, 1.807) is 13.8 Å². The lowest BCUT2D eigenvalue weighted by molar-refractivity contribution is -0.221. The standard InChI is InChI=1S/C12H20O6/c1-3-17-9(13)11(15)7-5-6-8-12(11,16)10(14)18-4-2/h15-16H,3-8H2,1-2H3. The Morgan fingerprint density at radius 2 is 1.28 bits per heavy atom. The summed E-state index contributed by atoms with van der Waals surface area (Å²) in [5.41, 5.74) is -4.43. The van der Waals surface area contributed by atoms with Crippen LogP contribution in [0.3, 0.4) is 0 Å². The maximum absolute atomic E-state index is 11.8. The molecule has 0 aromatic carbocycles. The van der Waals surface area contributed by atoms with Gasteiger partial charge in [-0.05, 0) is 39.5 Å². The zero-order valence-electron chi connectivity index (χ0n) is 10.8. The largest absolute Gasteiger partial charge is 0.464 e. The lowest BCUT2D eigenvalue weighted by Crippen LogP contribution is -2.66. The van der Waals surface area contributed by atoms with Crippen molar-refractivity contribution in [1.82, 2.24) is 0 Å². The molecular formula is C12H20O6. The third-order valence-corrected chi connectivity index (χ3v) is 3.24. The molecule has 0 spiro atoms.